The average Bonchev–Trinajstić information content (AvgIpc) is 3.07. The number of benzene rings is 2. The van der Waals surface area contributed by atoms with Crippen molar-refractivity contribution in [2.45, 2.75) is 5.92 Å². The Kier molecular flexibility index (Phi) is 4.19. The Hall–Kier alpha value is -3.47. The second kappa shape index (κ2) is 6.80. The van der Waals surface area contributed by atoms with Gasteiger partial charge in [-0.1, -0.05) is 60.7 Å². The van der Waals surface area contributed by atoms with E-state index in [-0.39, 0.29) is 17.4 Å². The van der Waals surface area contributed by atoms with E-state index in [0.717, 1.165) is 33.4 Å². The molecule has 128 valence electrons. The van der Waals surface area contributed by atoms with Crippen LogP contribution in [0.25, 0.3) is 22.3 Å². The molecule has 2 aromatic carbocycles. The van der Waals surface area contributed by atoms with Crippen LogP contribution in [0.5, 0.6) is 0 Å². The van der Waals surface area contributed by atoms with Crippen molar-refractivity contribution in [2.24, 2.45) is 0 Å². The predicted octanol–water partition coefficient (Wildman–Crippen LogP) is 4.64. The molecule has 4 rings (SSSR count). The number of hydrogen-bond donors (Lipinski definition) is 1. The first kappa shape index (κ1) is 16.0. The van der Waals surface area contributed by atoms with Crippen LogP contribution < -0.4 is 0 Å². The van der Waals surface area contributed by atoms with E-state index >= 15 is 0 Å². The normalized spacial score (nSPS) is 12.2. The van der Waals surface area contributed by atoms with Gasteiger partial charge >= 0.3 is 0 Å². The molecule has 5 heteroatoms. The fourth-order valence-electron chi connectivity index (χ4n) is 3.43. The van der Waals surface area contributed by atoms with Gasteiger partial charge in [-0.3, -0.25) is 10.1 Å². The van der Waals surface area contributed by atoms with E-state index in [1.165, 1.54) is 0 Å². The molecule has 0 spiro atoms. The first-order valence-corrected chi connectivity index (χ1v) is 8.43. The monoisotopic (exact) mass is 343 g/mol. The summed E-state index contributed by atoms with van der Waals surface area (Å²) in [5.74, 6) is -0.362. The largest absolute Gasteiger partial charge is 0.339 e. The summed E-state index contributed by atoms with van der Waals surface area (Å²) in [4.78, 5) is 19.0. The van der Waals surface area contributed by atoms with Gasteiger partial charge in [-0.05, 0) is 23.3 Å². The topological polar surface area (TPSA) is 71.8 Å². The third-order valence-corrected chi connectivity index (χ3v) is 4.56. The van der Waals surface area contributed by atoms with Crippen LogP contribution in [-0.4, -0.2) is 21.4 Å². The summed E-state index contributed by atoms with van der Waals surface area (Å²) in [7, 11) is 0. The van der Waals surface area contributed by atoms with E-state index in [4.69, 9.17) is 0 Å². The van der Waals surface area contributed by atoms with E-state index < -0.39 is 0 Å². The highest BCUT2D eigenvalue weighted by molar-refractivity contribution is 5.89. The maximum atomic E-state index is 11.4. The van der Waals surface area contributed by atoms with Gasteiger partial charge in [0, 0.05) is 22.1 Å². The number of aromatic amines is 1. The first-order chi connectivity index (χ1) is 12.7. The van der Waals surface area contributed by atoms with Gasteiger partial charge in [0.1, 0.15) is 5.65 Å². The lowest BCUT2D eigenvalue weighted by molar-refractivity contribution is -0.481. The van der Waals surface area contributed by atoms with Crippen LogP contribution in [-0.2, 0) is 0 Å². The molecule has 2 aromatic heterocycles. The van der Waals surface area contributed by atoms with Gasteiger partial charge in [0.05, 0.1) is 11.6 Å². The van der Waals surface area contributed by atoms with Crippen molar-refractivity contribution < 1.29 is 4.92 Å². The molecule has 5 nitrogen and oxygen atoms in total. The molecule has 1 unspecified atom stereocenters. The fraction of sp³-hybridized carbons (Fsp3) is 0.0952. The zero-order chi connectivity index (χ0) is 17.9. The second-order valence-electron chi connectivity index (χ2n) is 6.16. The van der Waals surface area contributed by atoms with Crippen LogP contribution in [0.4, 0.5) is 0 Å². The van der Waals surface area contributed by atoms with Crippen molar-refractivity contribution in [3.05, 3.63) is 100 Å². The van der Waals surface area contributed by atoms with E-state index in [1.54, 1.807) is 6.20 Å². The minimum Gasteiger partial charge on any atom is -0.339 e. The number of rotatable bonds is 5. The summed E-state index contributed by atoms with van der Waals surface area (Å²) in [5, 5.41) is 12.4. The molecule has 0 amide bonds. The molecule has 0 aliphatic carbocycles. The minimum absolute atomic E-state index is 0.175. The smallest absolute Gasteiger partial charge is 0.214 e. The molecule has 2 heterocycles. The van der Waals surface area contributed by atoms with Crippen molar-refractivity contribution in [1.29, 1.82) is 0 Å². The van der Waals surface area contributed by atoms with Crippen LogP contribution in [0.1, 0.15) is 17.0 Å². The third-order valence-electron chi connectivity index (χ3n) is 4.56. The van der Waals surface area contributed by atoms with Crippen molar-refractivity contribution in [1.82, 2.24) is 9.97 Å². The average molecular weight is 343 g/mol. The summed E-state index contributed by atoms with van der Waals surface area (Å²) < 4.78 is 0. The quantitative estimate of drug-likeness (QED) is 0.424. The third kappa shape index (κ3) is 2.95. The maximum Gasteiger partial charge on any atom is 0.214 e. The molecule has 0 aliphatic rings. The van der Waals surface area contributed by atoms with Gasteiger partial charge in [-0.15, -0.1) is 0 Å². The zero-order valence-corrected chi connectivity index (χ0v) is 14.0. The van der Waals surface area contributed by atoms with Crippen molar-refractivity contribution in [3.8, 4) is 11.3 Å². The fourth-order valence-corrected chi connectivity index (χ4v) is 3.43. The molecule has 0 saturated heterocycles. The number of H-pyrrole nitrogens is 1. The van der Waals surface area contributed by atoms with Crippen LogP contribution in [0.2, 0.25) is 0 Å². The Balaban J connectivity index is 1.99. The lowest BCUT2D eigenvalue weighted by atomic mass is 9.88. The number of aromatic nitrogens is 2. The molecular formula is C21H17N3O2. The van der Waals surface area contributed by atoms with E-state index in [2.05, 4.69) is 9.97 Å². The van der Waals surface area contributed by atoms with Gasteiger partial charge in [0.15, 0.2) is 0 Å². The Labute approximate surface area is 150 Å². The molecule has 0 saturated carbocycles. The lowest BCUT2D eigenvalue weighted by Gasteiger charge is -2.15. The van der Waals surface area contributed by atoms with E-state index in [0.29, 0.717) is 0 Å². The van der Waals surface area contributed by atoms with Crippen LogP contribution in [0, 0.1) is 10.1 Å². The summed E-state index contributed by atoms with van der Waals surface area (Å²) >= 11 is 0. The highest BCUT2D eigenvalue weighted by atomic mass is 16.6. The SMILES string of the molecule is O=[N+]([O-])CC(c1ccccc1)c1c(-c2ccccc2)[nH]c2ncccc12. The molecular weight excluding hydrogens is 326 g/mol. The summed E-state index contributed by atoms with van der Waals surface area (Å²) in [6, 6.07) is 23.3. The Morgan fingerprint density at radius 2 is 1.65 bits per heavy atom. The van der Waals surface area contributed by atoms with Gasteiger partial charge in [0.2, 0.25) is 6.54 Å². The van der Waals surface area contributed by atoms with E-state index in [9.17, 15) is 10.1 Å². The molecule has 0 bridgehead atoms. The molecule has 0 aliphatic heterocycles. The molecule has 26 heavy (non-hydrogen) atoms. The lowest BCUT2D eigenvalue weighted by Crippen LogP contribution is -2.14. The molecule has 1 N–H and O–H groups in total. The van der Waals surface area contributed by atoms with Gasteiger partial charge in [-0.2, -0.15) is 0 Å². The summed E-state index contributed by atoms with van der Waals surface area (Å²) in [5.41, 5.74) is 4.46. The highest BCUT2D eigenvalue weighted by Gasteiger charge is 2.27. The number of fused-ring (bicyclic) bond motifs is 1. The zero-order valence-electron chi connectivity index (χ0n) is 14.0. The number of pyridine rings is 1. The van der Waals surface area contributed by atoms with E-state index in [1.807, 2.05) is 72.8 Å². The second-order valence-corrected chi connectivity index (χ2v) is 6.16. The van der Waals surface area contributed by atoms with Crippen LogP contribution >= 0.6 is 0 Å². The number of nitrogens with zero attached hydrogens (tertiary/aromatic N) is 2. The van der Waals surface area contributed by atoms with Gasteiger partial charge < -0.3 is 4.98 Å². The molecule has 1 atom stereocenters. The molecule has 0 fully saturated rings. The van der Waals surface area contributed by atoms with Crippen LogP contribution in [0.3, 0.4) is 0 Å². The Morgan fingerprint density at radius 1 is 0.962 bits per heavy atom. The van der Waals surface area contributed by atoms with Gasteiger partial charge in [-0.25, -0.2) is 4.98 Å². The Morgan fingerprint density at radius 3 is 2.35 bits per heavy atom. The maximum absolute atomic E-state index is 11.4. The van der Waals surface area contributed by atoms with Crippen molar-refractivity contribution in [2.75, 3.05) is 6.54 Å². The highest BCUT2D eigenvalue weighted by Crippen LogP contribution is 2.38. The van der Waals surface area contributed by atoms with Gasteiger partial charge in [0.25, 0.3) is 0 Å². The van der Waals surface area contributed by atoms with Crippen LogP contribution in [0.15, 0.2) is 79.0 Å². The number of nitro groups is 1. The van der Waals surface area contributed by atoms with Crippen molar-refractivity contribution in [3.63, 3.8) is 0 Å². The number of hydrogen-bond acceptors (Lipinski definition) is 3. The standard InChI is InChI=1S/C21H17N3O2/c25-24(26)14-18(15-8-3-1-4-9-15)19-17-12-7-13-22-21(17)23-20(19)16-10-5-2-6-11-16/h1-13,18H,14H2,(H,22,23). The Bertz CT molecular complexity index is 1040. The predicted molar refractivity (Wildman–Crippen MR) is 102 cm³/mol. The summed E-state index contributed by atoms with van der Waals surface area (Å²) in [6.45, 7) is -0.175. The molecule has 0 radical (unpaired) electrons. The molecule has 4 aromatic rings. The first-order valence-electron chi connectivity index (χ1n) is 8.43. The van der Waals surface area contributed by atoms with Crippen molar-refractivity contribution >= 4 is 11.0 Å². The summed E-state index contributed by atoms with van der Waals surface area (Å²) in [6.07, 6.45) is 1.72. The minimum atomic E-state index is -0.362. The number of nitrogens with one attached hydrogen (secondary N) is 1.